The molecule has 0 saturated carbocycles. The predicted molar refractivity (Wildman–Crippen MR) is 80.4 cm³/mol. The molecule has 0 radical (unpaired) electrons. The van der Waals surface area contributed by atoms with E-state index < -0.39 is 0 Å². The minimum Gasteiger partial charge on any atom is -0.321 e. The van der Waals surface area contributed by atoms with Crippen molar-refractivity contribution in [2.45, 2.75) is 25.7 Å². The number of rotatable bonds is 2. The van der Waals surface area contributed by atoms with Crippen molar-refractivity contribution in [3.05, 3.63) is 50.7 Å². The Bertz CT molecular complexity index is 620. The van der Waals surface area contributed by atoms with Crippen LogP contribution < -0.4 is 5.32 Å². The molecule has 1 aromatic carbocycles. The Balaban J connectivity index is 1.83. The molecule has 0 spiro atoms. The van der Waals surface area contributed by atoms with Crippen LogP contribution >= 0.6 is 22.9 Å². The van der Waals surface area contributed by atoms with Crippen molar-refractivity contribution in [3.8, 4) is 0 Å². The van der Waals surface area contributed by atoms with Gasteiger partial charge in [-0.1, -0.05) is 17.7 Å². The third kappa shape index (κ3) is 2.67. The van der Waals surface area contributed by atoms with Gasteiger partial charge in [-0.2, -0.15) is 0 Å². The molecule has 3 rings (SSSR count). The molecule has 1 amide bonds. The highest BCUT2D eigenvalue weighted by molar-refractivity contribution is 7.12. The van der Waals surface area contributed by atoms with Gasteiger partial charge >= 0.3 is 0 Å². The van der Waals surface area contributed by atoms with E-state index >= 15 is 0 Å². The zero-order chi connectivity index (χ0) is 13.2. The van der Waals surface area contributed by atoms with E-state index in [9.17, 15) is 4.79 Å². The molecular formula is C15H14ClNOS. The average Bonchev–Trinajstić information content (AvgIpc) is 2.82. The lowest BCUT2D eigenvalue weighted by atomic mass is 9.94. The molecule has 1 aromatic heterocycles. The maximum Gasteiger partial charge on any atom is 0.266 e. The number of hydrogen-bond donors (Lipinski definition) is 1. The summed E-state index contributed by atoms with van der Waals surface area (Å²) in [5, 5.41) is 5.68. The third-order valence-corrected chi connectivity index (χ3v) is 4.70. The van der Waals surface area contributed by atoms with Crippen LogP contribution in [0.3, 0.4) is 0 Å². The summed E-state index contributed by atoms with van der Waals surface area (Å²) in [6.45, 7) is 0. The Morgan fingerprint density at radius 3 is 2.95 bits per heavy atom. The molecule has 0 bridgehead atoms. The van der Waals surface area contributed by atoms with Crippen molar-refractivity contribution in [2.75, 3.05) is 5.32 Å². The van der Waals surface area contributed by atoms with Gasteiger partial charge in [0.1, 0.15) is 0 Å². The molecule has 2 aromatic rings. The lowest BCUT2D eigenvalue weighted by molar-refractivity contribution is 0.102. The highest BCUT2D eigenvalue weighted by Gasteiger charge is 2.20. The maximum absolute atomic E-state index is 12.3. The first-order chi connectivity index (χ1) is 9.24. The molecule has 1 aliphatic rings. The van der Waals surface area contributed by atoms with E-state index in [1.165, 1.54) is 24.0 Å². The number of hydrogen-bond acceptors (Lipinski definition) is 2. The van der Waals surface area contributed by atoms with Crippen LogP contribution in [0.5, 0.6) is 0 Å². The lowest BCUT2D eigenvalue weighted by Crippen LogP contribution is -2.13. The summed E-state index contributed by atoms with van der Waals surface area (Å²) in [4.78, 5) is 13.2. The number of fused-ring (bicyclic) bond motifs is 1. The van der Waals surface area contributed by atoms with Crippen LogP contribution in [0.15, 0.2) is 29.6 Å². The topological polar surface area (TPSA) is 29.1 Å². The Hall–Kier alpha value is -1.32. The highest BCUT2D eigenvalue weighted by Crippen LogP contribution is 2.30. The van der Waals surface area contributed by atoms with Crippen LogP contribution in [-0.4, -0.2) is 5.91 Å². The number of amides is 1. The number of carbonyl (C=O) groups is 1. The summed E-state index contributed by atoms with van der Waals surface area (Å²) in [5.41, 5.74) is 3.35. The Morgan fingerprint density at radius 2 is 2.11 bits per heavy atom. The van der Waals surface area contributed by atoms with Gasteiger partial charge in [0, 0.05) is 10.7 Å². The van der Waals surface area contributed by atoms with Crippen molar-refractivity contribution in [1.82, 2.24) is 0 Å². The first kappa shape index (κ1) is 12.7. The molecule has 1 N–H and O–H groups in total. The van der Waals surface area contributed by atoms with E-state index in [-0.39, 0.29) is 5.91 Å². The molecule has 2 nitrogen and oxygen atoms in total. The highest BCUT2D eigenvalue weighted by atomic mass is 35.5. The molecule has 0 fully saturated rings. The van der Waals surface area contributed by atoms with E-state index in [0.29, 0.717) is 5.02 Å². The van der Waals surface area contributed by atoms with Gasteiger partial charge < -0.3 is 5.32 Å². The van der Waals surface area contributed by atoms with E-state index in [4.69, 9.17) is 11.6 Å². The molecule has 4 heteroatoms. The van der Waals surface area contributed by atoms with Gasteiger partial charge in [-0.25, -0.2) is 0 Å². The van der Waals surface area contributed by atoms with Crippen LogP contribution in [0.25, 0.3) is 0 Å². The largest absolute Gasteiger partial charge is 0.321 e. The molecular weight excluding hydrogens is 278 g/mol. The monoisotopic (exact) mass is 291 g/mol. The summed E-state index contributed by atoms with van der Waals surface area (Å²) in [7, 11) is 0. The quantitative estimate of drug-likeness (QED) is 0.865. The van der Waals surface area contributed by atoms with Gasteiger partial charge in [0.25, 0.3) is 5.91 Å². The molecule has 0 aliphatic heterocycles. The summed E-state index contributed by atoms with van der Waals surface area (Å²) < 4.78 is 0. The third-order valence-electron chi connectivity index (χ3n) is 3.39. The second-order valence-corrected chi connectivity index (χ2v) is 6.06. The minimum atomic E-state index is -0.0181. The first-order valence-corrected chi connectivity index (χ1v) is 7.66. The number of nitrogens with one attached hydrogen (secondary N) is 1. The van der Waals surface area contributed by atoms with Gasteiger partial charge in [0.15, 0.2) is 0 Å². The fraction of sp³-hybridized carbons (Fsp3) is 0.267. The van der Waals surface area contributed by atoms with Crippen LogP contribution in [-0.2, 0) is 12.8 Å². The Labute approximate surface area is 121 Å². The lowest BCUT2D eigenvalue weighted by Gasteiger charge is -2.12. The number of aryl methyl sites for hydroxylation is 1. The van der Waals surface area contributed by atoms with Crippen LogP contribution in [0.4, 0.5) is 5.69 Å². The van der Waals surface area contributed by atoms with Crippen molar-refractivity contribution < 1.29 is 4.79 Å². The predicted octanol–water partition coefficient (Wildman–Crippen LogP) is 4.53. The van der Waals surface area contributed by atoms with E-state index in [1.54, 1.807) is 23.5 Å². The van der Waals surface area contributed by atoms with Crippen molar-refractivity contribution in [3.63, 3.8) is 0 Å². The Kier molecular flexibility index (Phi) is 3.58. The fourth-order valence-electron chi connectivity index (χ4n) is 2.46. The standard InChI is InChI=1S/C15H14ClNOS/c16-11-5-3-6-12(8-11)17-15(18)14-13-7-2-1-4-10(13)9-19-14/h3,5-6,8-9H,1-2,4,7H2,(H,17,18). The SMILES string of the molecule is O=C(Nc1cccc(Cl)c1)c1scc2c1CCCC2. The fourth-order valence-corrected chi connectivity index (χ4v) is 3.71. The molecule has 98 valence electrons. The second kappa shape index (κ2) is 5.35. The zero-order valence-corrected chi connectivity index (χ0v) is 12.0. The normalized spacial score (nSPS) is 13.9. The molecule has 0 atom stereocenters. The second-order valence-electron chi connectivity index (χ2n) is 4.74. The van der Waals surface area contributed by atoms with Crippen LogP contribution in [0.1, 0.15) is 33.6 Å². The molecule has 0 saturated heterocycles. The first-order valence-electron chi connectivity index (χ1n) is 6.40. The smallest absolute Gasteiger partial charge is 0.266 e. The summed E-state index contributed by atoms with van der Waals surface area (Å²) in [5.74, 6) is -0.0181. The number of thiophene rings is 1. The minimum absolute atomic E-state index is 0.0181. The molecule has 19 heavy (non-hydrogen) atoms. The van der Waals surface area contributed by atoms with Crippen molar-refractivity contribution in [1.29, 1.82) is 0 Å². The summed E-state index contributed by atoms with van der Waals surface area (Å²) in [6.07, 6.45) is 4.55. The number of halogens is 1. The number of anilines is 1. The summed E-state index contributed by atoms with van der Waals surface area (Å²) >= 11 is 7.47. The van der Waals surface area contributed by atoms with Gasteiger partial charge in [-0.05, 0) is 60.4 Å². The molecule has 1 heterocycles. The molecule has 0 unspecified atom stereocenters. The summed E-state index contributed by atoms with van der Waals surface area (Å²) in [6, 6.07) is 7.25. The molecule has 1 aliphatic carbocycles. The van der Waals surface area contributed by atoms with Gasteiger partial charge in [-0.15, -0.1) is 11.3 Å². The Morgan fingerprint density at radius 1 is 1.26 bits per heavy atom. The average molecular weight is 292 g/mol. The number of carbonyl (C=O) groups excluding carboxylic acids is 1. The zero-order valence-electron chi connectivity index (χ0n) is 10.4. The van der Waals surface area contributed by atoms with E-state index in [0.717, 1.165) is 23.4 Å². The van der Waals surface area contributed by atoms with Crippen molar-refractivity contribution >= 4 is 34.5 Å². The maximum atomic E-state index is 12.3. The van der Waals surface area contributed by atoms with Gasteiger partial charge in [0.05, 0.1) is 4.88 Å². The van der Waals surface area contributed by atoms with Crippen LogP contribution in [0.2, 0.25) is 5.02 Å². The van der Waals surface area contributed by atoms with E-state index in [1.807, 2.05) is 12.1 Å². The van der Waals surface area contributed by atoms with Crippen molar-refractivity contribution in [2.24, 2.45) is 0 Å². The van der Waals surface area contributed by atoms with Gasteiger partial charge in [0.2, 0.25) is 0 Å². The van der Waals surface area contributed by atoms with Crippen LogP contribution in [0, 0.1) is 0 Å². The van der Waals surface area contributed by atoms with E-state index in [2.05, 4.69) is 10.7 Å². The van der Waals surface area contributed by atoms with Gasteiger partial charge in [-0.3, -0.25) is 4.79 Å². The number of benzene rings is 1.